The first kappa shape index (κ1) is 23.8. The quantitative estimate of drug-likeness (QED) is 0.353. The van der Waals surface area contributed by atoms with Crippen molar-refractivity contribution in [3.05, 3.63) is 112 Å². The summed E-state index contributed by atoms with van der Waals surface area (Å²) in [5, 5.41) is 13.1. The van der Waals surface area contributed by atoms with Crippen LogP contribution in [0.5, 0.6) is 0 Å². The highest BCUT2D eigenvalue weighted by Crippen LogP contribution is 2.30. The fourth-order valence-electron chi connectivity index (χ4n) is 4.11. The Kier molecular flexibility index (Phi) is 7.87. The van der Waals surface area contributed by atoms with Crippen molar-refractivity contribution in [2.45, 2.75) is 6.04 Å². The van der Waals surface area contributed by atoms with Crippen LogP contribution in [0, 0.1) is 11.3 Å². The molecule has 1 aliphatic heterocycles. The maximum Gasteiger partial charge on any atom is 0.267 e. The van der Waals surface area contributed by atoms with E-state index in [0.717, 1.165) is 13.1 Å². The molecule has 1 aliphatic rings. The number of hydrogen-bond acceptors (Lipinski definition) is 4. The third kappa shape index (κ3) is 5.78. The number of nitrogens with zero attached hydrogens (tertiary/aromatic N) is 3. The van der Waals surface area contributed by atoms with E-state index in [4.69, 9.17) is 23.2 Å². The van der Waals surface area contributed by atoms with Gasteiger partial charge < -0.3 is 10.2 Å². The molecule has 0 bridgehead atoms. The summed E-state index contributed by atoms with van der Waals surface area (Å²) in [5.74, 6) is -0.513. The highest BCUT2D eigenvalue weighted by molar-refractivity contribution is 6.35. The summed E-state index contributed by atoms with van der Waals surface area (Å²) in [6, 6.07) is 27.9. The Labute approximate surface area is 209 Å². The van der Waals surface area contributed by atoms with E-state index in [1.165, 1.54) is 11.1 Å². The summed E-state index contributed by atoms with van der Waals surface area (Å²) in [6.07, 6.45) is 1.63. The highest BCUT2D eigenvalue weighted by atomic mass is 35.5. The molecule has 0 radical (unpaired) electrons. The molecule has 0 atom stereocenters. The molecule has 0 saturated carbocycles. The van der Waals surface area contributed by atoms with Gasteiger partial charge in [0, 0.05) is 37.4 Å². The molecule has 5 nitrogen and oxygen atoms in total. The topological polar surface area (TPSA) is 59.4 Å². The van der Waals surface area contributed by atoms with Gasteiger partial charge in [-0.3, -0.25) is 9.69 Å². The minimum absolute atomic E-state index is 0.0205. The molecule has 172 valence electrons. The molecule has 0 spiro atoms. The zero-order valence-corrected chi connectivity index (χ0v) is 20.0. The Morgan fingerprint density at radius 3 is 2.06 bits per heavy atom. The lowest BCUT2D eigenvalue weighted by Crippen LogP contribution is -2.46. The average Bonchev–Trinajstić information content (AvgIpc) is 2.87. The standard InChI is InChI=1S/C27H24Cl2N4O/c28-23-11-12-24(29)25(17-23)31-27(34)22(18-30)19-32-13-15-33(16-14-32)26(20-7-3-1-4-8-20)21-9-5-2-6-10-21/h1-12,17,19,26H,13-16H2,(H,31,34)/b22-19-. The Hall–Kier alpha value is -3.30. The second-order valence-corrected chi connectivity index (χ2v) is 8.87. The summed E-state index contributed by atoms with van der Waals surface area (Å²) in [5.41, 5.74) is 2.88. The molecule has 1 heterocycles. The van der Waals surface area contributed by atoms with Crippen LogP contribution in [0.15, 0.2) is 90.6 Å². The lowest BCUT2D eigenvalue weighted by Gasteiger charge is -2.39. The summed E-state index contributed by atoms with van der Waals surface area (Å²) in [7, 11) is 0. The van der Waals surface area contributed by atoms with Gasteiger partial charge >= 0.3 is 0 Å². The summed E-state index contributed by atoms with van der Waals surface area (Å²) < 4.78 is 0. The van der Waals surface area contributed by atoms with Gasteiger partial charge in [-0.15, -0.1) is 0 Å². The van der Waals surface area contributed by atoms with Crippen LogP contribution in [-0.2, 0) is 4.79 Å². The molecule has 0 aromatic heterocycles. The Morgan fingerprint density at radius 1 is 0.912 bits per heavy atom. The van der Waals surface area contributed by atoms with Gasteiger partial charge in [0.05, 0.1) is 16.8 Å². The highest BCUT2D eigenvalue weighted by Gasteiger charge is 2.26. The van der Waals surface area contributed by atoms with E-state index in [1.54, 1.807) is 24.4 Å². The van der Waals surface area contributed by atoms with E-state index >= 15 is 0 Å². The molecule has 3 aromatic carbocycles. The molecular formula is C27H24Cl2N4O. The van der Waals surface area contributed by atoms with Crippen LogP contribution in [0.1, 0.15) is 17.2 Å². The number of halogens is 2. The number of piperazine rings is 1. The number of rotatable bonds is 6. The molecular weight excluding hydrogens is 467 g/mol. The third-order valence-corrected chi connectivity index (χ3v) is 6.36. The number of anilines is 1. The minimum Gasteiger partial charge on any atom is -0.374 e. The van der Waals surface area contributed by atoms with Crippen LogP contribution in [0.3, 0.4) is 0 Å². The first-order chi connectivity index (χ1) is 16.5. The Bertz CT molecular complexity index is 1160. The number of carbonyl (C=O) groups is 1. The summed E-state index contributed by atoms with van der Waals surface area (Å²) in [6.45, 7) is 3.00. The fraction of sp³-hybridized carbons (Fsp3) is 0.185. The molecule has 0 unspecified atom stereocenters. The molecule has 7 heteroatoms. The molecule has 34 heavy (non-hydrogen) atoms. The van der Waals surface area contributed by atoms with Crippen LogP contribution < -0.4 is 5.32 Å². The number of amides is 1. The number of nitriles is 1. The van der Waals surface area contributed by atoms with Crippen LogP contribution in [0.25, 0.3) is 0 Å². The first-order valence-corrected chi connectivity index (χ1v) is 11.8. The van der Waals surface area contributed by atoms with Crippen molar-refractivity contribution in [1.82, 2.24) is 9.80 Å². The fourth-order valence-corrected chi connectivity index (χ4v) is 4.45. The smallest absolute Gasteiger partial charge is 0.267 e. The first-order valence-electron chi connectivity index (χ1n) is 11.0. The Morgan fingerprint density at radius 2 is 1.50 bits per heavy atom. The number of nitrogens with one attached hydrogen (secondary N) is 1. The van der Waals surface area contributed by atoms with E-state index < -0.39 is 5.91 Å². The van der Waals surface area contributed by atoms with Crippen LogP contribution in [0.4, 0.5) is 5.69 Å². The minimum atomic E-state index is -0.513. The largest absolute Gasteiger partial charge is 0.374 e. The maximum absolute atomic E-state index is 12.7. The number of carbonyl (C=O) groups excluding carboxylic acids is 1. The van der Waals surface area contributed by atoms with Crippen LogP contribution in [0.2, 0.25) is 10.0 Å². The van der Waals surface area contributed by atoms with Gasteiger partial charge in [-0.1, -0.05) is 83.9 Å². The van der Waals surface area contributed by atoms with Gasteiger partial charge in [0.2, 0.25) is 0 Å². The van der Waals surface area contributed by atoms with Crippen LogP contribution in [-0.4, -0.2) is 41.9 Å². The van der Waals surface area contributed by atoms with Gasteiger partial charge in [0.15, 0.2) is 0 Å². The Balaban J connectivity index is 1.46. The maximum atomic E-state index is 12.7. The second kappa shape index (κ2) is 11.2. The predicted molar refractivity (Wildman–Crippen MR) is 137 cm³/mol. The van der Waals surface area contributed by atoms with Gasteiger partial charge in [-0.05, 0) is 29.3 Å². The lowest BCUT2D eigenvalue weighted by molar-refractivity contribution is -0.112. The average molecular weight is 491 g/mol. The monoisotopic (exact) mass is 490 g/mol. The molecule has 1 N–H and O–H groups in total. The zero-order valence-electron chi connectivity index (χ0n) is 18.5. The predicted octanol–water partition coefficient (Wildman–Crippen LogP) is 5.75. The van der Waals surface area contributed by atoms with E-state index in [2.05, 4.69) is 58.7 Å². The molecule has 1 amide bonds. The van der Waals surface area contributed by atoms with Gasteiger partial charge in [-0.2, -0.15) is 5.26 Å². The molecule has 1 saturated heterocycles. The SMILES string of the molecule is N#C/C(=C/N1CCN(C(c2ccccc2)c2ccccc2)CC1)C(=O)Nc1cc(Cl)ccc1Cl. The van der Waals surface area contributed by atoms with E-state index in [0.29, 0.717) is 28.8 Å². The number of benzene rings is 3. The molecule has 0 aliphatic carbocycles. The van der Waals surface area contributed by atoms with Crippen molar-refractivity contribution in [2.24, 2.45) is 0 Å². The molecule has 3 aromatic rings. The van der Waals surface area contributed by atoms with Crippen molar-refractivity contribution in [3.63, 3.8) is 0 Å². The van der Waals surface area contributed by atoms with Crippen molar-refractivity contribution >= 4 is 34.8 Å². The third-order valence-electron chi connectivity index (χ3n) is 5.80. The number of hydrogen-bond donors (Lipinski definition) is 1. The lowest BCUT2D eigenvalue weighted by atomic mass is 9.96. The van der Waals surface area contributed by atoms with Crippen molar-refractivity contribution in [1.29, 1.82) is 5.26 Å². The van der Waals surface area contributed by atoms with Crippen molar-refractivity contribution in [3.8, 4) is 6.07 Å². The second-order valence-electron chi connectivity index (χ2n) is 8.03. The van der Waals surface area contributed by atoms with E-state index in [9.17, 15) is 10.1 Å². The van der Waals surface area contributed by atoms with Gasteiger partial charge in [0.25, 0.3) is 5.91 Å². The van der Waals surface area contributed by atoms with E-state index in [1.807, 2.05) is 23.1 Å². The normalized spacial score (nSPS) is 14.6. The summed E-state index contributed by atoms with van der Waals surface area (Å²) in [4.78, 5) is 17.1. The van der Waals surface area contributed by atoms with E-state index in [-0.39, 0.29) is 11.6 Å². The van der Waals surface area contributed by atoms with Gasteiger partial charge in [0.1, 0.15) is 11.6 Å². The summed E-state index contributed by atoms with van der Waals surface area (Å²) >= 11 is 12.1. The molecule has 4 rings (SSSR count). The van der Waals surface area contributed by atoms with Gasteiger partial charge in [-0.25, -0.2) is 0 Å². The van der Waals surface area contributed by atoms with Crippen molar-refractivity contribution in [2.75, 3.05) is 31.5 Å². The van der Waals surface area contributed by atoms with Crippen LogP contribution >= 0.6 is 23.2 Å². The van der Waals surface area contributed by atoms with Crippen molar-refractivity contribution < 1.29 is 4.79 Å². The zero-order chi connectivity index (χ0) is 23.9. The molecule has 1 fully saturated rings.